The van der Waals surface area contributed by atoms with E-state index in [1.54, 1.807) is 6.20 Å². The average Bonchev–Trinajstić information content (AvgIpc) is 2.18. The Hall–Kier alpha value is -1.41. The van der Waals surface area contributed by atoms with Crippen molar-refractivity contribution in [3.8, 4) is 0 Å². The summed E-state index contributed by atoms with van der Waals surface area (Å²) in [6, 6.07) is 7.78. The zero-order chi connectivity index (χ0) is 9.68. The summed E-state index contributed by atoms with van der Waals surface area (Å²) in [7, 11) is 0. The maximum Gasteiger partial charge on any atom is 0.0648 e. The smallest absolute Gasteiger partial charge is 0.0648 e. The first-order valence-corrected chi connectivity index (χ1v) is 4.11. The van der Waals surface area contributed by atoms with Crippen LogP contribution in [0.25, 0.3) is 11.8 Å². The van der Waals surface area contributed by atoms with Crippen molar-refractivity contribution in [3.05, 3.63) is 34.7 Å². The van der Waals surface area contributed by atoms with Gasteiger partial charge < -0.3 is 5.11 Å². The SMILES string of the molecule is C=N/C=c1/cccc/c1=C(/C)CO. The van der Waals surface area contributed by atoms with Crippen molar-refractivity contribution in [1.29, 1.82) is 0 Å². The molecule has 0 radical (unpaired) electrons. The molecule has 0 spiro atoms. The largest absolute Gasteiger partial charge is 0.392 e. The first-order chi connectivity index (χ1) is 6.29. The number of hydrogen-bond acceptors (Lipinski definition) is 2. The summed E-state index contributed by atoms with van der Waals surface area (Å²) in [5.41, 5.74) is 0.940. The van der Waals surface area contributed by atoms with E-state index in [2.05, 4.69) is 11.7 Å². The summed E-state index contributed by atoms with van der Waals surface area (Å²) < 4.78 is 0. The molecule has 1 N–H and O–H groups in total. The molecule has 0 bridgehead atoms. The van der Waals surface area contributed by atoms with Crippen molar-refractivity contribution in [1.82, 2.24) is 0 Å². The van der Waals surface area contributed by atoms with Crippen LogP contribution in [0.5, 0.6) is 0 Å². The Bertz CT molecular complexity index is 406. The topological polar surface area (TPSA) is 32.6 Å². The highest BCUT2D eigenvalue weighted by atomic mass is 16.3. The highest BCUT2D eigenvalue weighted by molar-refractivity contribution is 5.45. The summed E-state index contributed by atoms with van der Waals surface area (Å²) >= 11 is 0. The molecule has 0 heterocycles. The van der Waals surface area contributed by atoms with Crippen molar-refractivity contribution in [2.45, 2.75) is 6.92 Å². The number of aliphatic hydroxyl groups is 1. The van der Waals surface area contributed by atoms with E-state index in [0.29, 0.717) is 0 Å². The molecule has 0 saturated heterocycles. The summed E-state index contributed by atoms with van der Waals surface area (Å²) in [4.78, 5) is 3.71. The van der Waals surface area contributed by atoms with Crippen LogP contribution in [0.1, 0.15) is 6.92 Å². The van der Waals surface area contributed by atoms with E-state index < -0.39 is 0 Å². The molecular weight excluding hydrogens is 162 g/mol. The summed E-state index contributed by atoms with van der Waals surface area (Å²) in [6.45, 7) is 5.37. The van der Waals surface area contributed by atoms with Gasteiger partial charge in [-0.15, -0.1) is 0 Å². The third-order valence-electron chi connectivity index (χ3n) is 1.89. The van der Waals surface area contributed by atoms with Crippen LogP contribution >= 0.6 is 0 Å². The molecule has 0 aliphatic heterocycles. The van der Waals surface area contributed by atoms with Crippen LogP contribution in [0, 0.1) is 0 Å². The standard InChI is InChI=1S/C11H13NO/c1-9(8-13)11-6-4-3-5-10(11)7-12-2/h3-7,13H,2,8H2,1H3/b10-7-,11-9+. The Labute approximate surface area is 77.6 Å². The average molecular weight is 175 g/mol. The van der Waals surface area contributed by atoms with Gasteiger partial charge >= 0.3 is 0 Å². The van der Waals surface area contributed by atoms with Crippen molar-refractivity contribution in [3.63, 3.8) is 0 Å². The molecule has 1 rings (SSSR count). The van der Waals surface area contributed by atoms with Crippen LogP contribution in [-0.4, -0.2) is 18.4 Å². The van der Waals surface area contributed by atoms with E-state index in [1.165, 1.54) is 0 Å². The number of benzene rings is 1. The van der Waals surface area contributed by atoms with Crippen molar-refractivity contribution in [2.75, 3.05) is 6.61 Å². The van der Waals surface area contributed by atoms with E-state index in [0.717, 1.165) is 16.0 Å². The fourth-order valence-electron chi connectivity index (χ4n) is 1.18. The normalized spacial score (nSPS) is 14.2. The predicted molar refractivity (Wildman–Crippen MR) is 55.9 cm³/mol. The van der Waals surface area contributed by atoms with E-state index in [1.807, 2.05) is 31.2 Å². The van der Waals surface area contributed by atoms with Gasteiger partial charge in [0.2, 0.25) is 0 Å². The summed E-state index contributed by atoms with van der Waals surface area (Å²) in [6.07, 6.45) is 1.69. The van der Waals surface area contributed by atoms with Gasteiger partial charge in [-0.3, -0.25) is 4.99 Å². The van der Waals surface area contributed by atoms with Crippen LogP contribution in [-0.2, 0) is 0 Å². The lowest BCUT2D eigenvalue weighted by Gasteiger charge is -1.95. The Morgan fingerprint density at radius 3 is 2.85 bits per heavy atom. The molecule has 0 saturated carbocycles. The van der Waals surface area contributed by atoms with E-state index in [9.17, 15) is 0 Å². The third-order valence-corrected chi connectivity index (χ3v) is 1.89. The molecule has 0 unspecified atom stereocenters. The zero-order valence-electron chi connectivity index (χ0n) is 7.70. The molecule has 0 aromatic heterocycles. The molecule has 2 nitrogen and oxygen atoms in total. The van der Waals surface area contributed by atoms with Gasteiger partial charge in [0.25, 0.3) is 0 Å². The first kappa shape index (κ1) is 9.68. The number of aliphatic hydroxyl groups excluding tert-OH is 1. The van der Waals surface area contributed by atoms with Crippen LogP contribution < -0.4 is 10.4 Å². The molecule has 13 heavy (non-hydrogen) atoms. The second kappa shape index (κ2) is 4.58. The van der Waals surface area contributed by atoms with Gasteiger partial charge in [0.15, 0.2) is 0 Å². The molecule has 1 aromatic rings. The van der Waals surface area contributed by atoms with Gasteiger partial charge in [-0.2, -0.15) is 0 Å². The molecule has 1 aromatic carbocycles. The van der Waals surface area contributed by atoms with E-state index in [4.69, 9.17) is 5.11 Å². The minimum absolute atomic E-state index is 0.0714. The van der Waals surface area contributed by atoms with Gasteiger partial charge in [-0.05, 0) is 29.7 Å². The Balaban J connectivity index is 3.54. The highest BCUT2D eigenvalue weighted by Crippen LogP contribution is 1.84. The second-order valence-electron chi connectivity index (χ2n) is 2.84. The lowest BCUT2D eigenvalue weighted by Crippen LogP contribution is -2.26. The third kappa shape index (κ3) is 2.26. The molecule has 0 aliphatic rings. The minimum Gasteiger partial charge on any atom is -0.392 e. The van der Waals surface area contributed by atoms with E-state index in [-0.39, 0.29) is 6.61 Å². The Kier molecular flexibility index (Phi) is 3.41. The van der Waals surface area contributed by atoms with Crippen LogP contribution in [0.15, 0.2) is 29.3 Å². The summed E-state index contributed by atoms with van der Waals surface area (Å²) in [5, 5.41) is 11.0. The summed E-state index contributed by atoms with van der Waals surface area (Å²) in [5.74, 6) is 0. The molecule has 2 heteroatoms. The first-order valence-electron chi connectivity index (χ1n) is 4.11. The Morgan fingerprint density at radius 1 is 1.54 bits per heavy atom. The maximum atomic E-state index is 8.98. The fourth-order valence-corrected chi connectivity index (χ4v) is 1.18. The maximum absolute atomic E-state index is 8.98. The fraction of sp³-hybridized carbons (Fsp3) is 0.182. The monoisotopic (exact) mass is 175 g/mol. The number of hydrogen-bond donors (Lipinski definition) is 1. The van der Waals surface area contributed by atoms with Crippen LogP contribution in [0.3, 0.4) is 0 Å². The van der Waals surface area contributed by atoms with Gasteiger partial charge in [0.1, 0.15) is 0 Å². The van der Waals surface area contributed by atoms with Crippen molar-refractivity contribution in [2.24, 2.45) is 4.99 Å². The lowest BCUT2D eigenvalue weighted by atomic mass is 10.1. The van der Waals surface area contributed by atoms with Gasteiger partial charge in [-0.25, -0.2) is 0 Å². The van der Waals surface area contributed by atoms with Gasteiger partial charge in [-0.1, -0.05) is 24.3 Å². The lowest BCUT2D eigenvalue weighted by molar-refractivity contribution is 0.348. The van der Waals surface area contributed by atoms with Crippen molar-refractivity contribution < 1.29 is 5.11 Å². The number of rotatable bonds is 2. The van der Waals surface area contributed by atoms with Gasteiger partial charge in [0, 0.05) is 6.20 Å². The van der Waals surface area contributed by atoms with Crippen LogP contribution in [0.4, 0.5) is 0 Å². The quantitative estimate of drug-likeness (QED) is 0.644. The zero-order valence-corrected chi connectivity index (χ0v) is 7.70. The molecule has 68 valence electrons. The molecular formula is C11H13NO. The molecule has 0 aliphatic carbocycles. The number of aliphatic imine (C=N–C) groups is 1. The number of nitrogens with zero attached hydrogens (tertiary/aromatic N) is 1. The molecule has 0 amide bonds. The molecule has 0 atom stereocenters. The van der Waals surface area contributed by atoms with Crippen LogP contribution in [0.2, 0.25) is 0 Å². The minimum atomic E-state index is 0.0714. The second-order valence-corrected chi connectivity index (χ2v) is 2.84. The molecule has 0 fully saturated rings. The van der Waals surface area contributed by atoms with Crippen molar-refractivity contribution >= 4 is 18.5 Å². The highest BCUT2D eigenvalue weighted by Gasteiger charge is 1.89. The predicted octanol–water partition coefficient (Wildman–Crippen LogP) is 0.288. The van der Waals surface area contributed by atoms with Gasteiger partial charge in [0.05, 0.1) is 6.61 Å². The Morgan fingerprint density at radius 2 is 2.23 bits per heavy atom. The van der Waals surface area contributed by atoms with E-state index >= 15 is 0 Å².